The minimum absolute atomic E-state index is 0.727. The Bertz CT molecular complexity index is 510. The molecule has 0 aliphatic rings. The molecule has 0 saturated carbocycles. The predicted molar refractivity (Wildman–Crippen MR) is 79.0 cm³/mol. The molecule has 0 saturated heterocycles. The molecular formula is C14H17N3OS. The first kappa shape index (κ1) is 13.8. The van der Waals surface area contributed by atoms with Crippen LogP contribution in [0.5, 0.6) is 0 Å². The molecule has 0 fully saturated rings. The Morgan fingerprint density at radius 2 is 2.11 bits per heavy atom. The van der Waals surface area contributed by atoms with E-state index < -0.39 is 0 Å². The van der Waals surface area contributed by atoms with Crippen LogP contribution in [0.3, 0.4) is 0 Å². The minimum Gasteiger partial charge on any atom is -0.381 e. The molecule has 1 aromatic carbocycles. The summed E-state index contributed by atoms with van der Waals surface area (Å²) in [5.41, 5.74) is 1.14. The highest BCUT2D eigenvalue weighted by atomic mass is 32.2. The summed E-state index contributed by atoms with van der Waals surface area (Å²) in [5, 5.41) is 7.81. The molecule has 0 atom stereocenters. The maximum absolute atomic E-state index is 5.27. The van der Waals surface area contributed by atoms with Crippen LogP contribution in [-0.4, -0.2) is 34.1 Å². The lowest BCUT2D eigenvalue weighted by atomic mass is 10.2. The molecule has 0 radical (unpaired) electrons. The van der Waals surface area contributed by atoms with Gasteiger partial charge in [-0.3, -0.25) is 5.10 Å². The fourth-order valence-electron chi connectivity index (χ4n) is 1.47. The summed E-state index contributed by atoms with van der Waals surface area (Å²) in [7, 11) is 0. The van der Waals surface area contributed by atoms with Crippen LogP contribution in [-0.2, 0) is 4.74 Å². The molecule has 1 heterocycles. The fourth-order valence-corrected chi connectivity index (χ4v) is 2.13. The summed E-state index contributed by atoms with van der Waals surface area (Å²) in [6.45, 7) is 3.47. The van der Waals surface area contributed by atoms with E-state index in [-0.39, 0.29) is 0 Å². The predicted octanol–water partition coefficient (Wildman–Crippen LogP) is 3.10. The number of nitrogens with zero attached hydrogens (tertiary/aromatic N) is 2. The summed E-state index contributed by atoms with van der Waals surface area (Å²) in [6.07, 6.45) is 3.93. The number of benzene rings is 1. The van der Waals surface area contributed by atoms with Gasteiger partial charge in [-0.1, -0.05) is 48.2 Å². The Balaban J connectivity index is 1.85. The van der Waals surface area contributed by atoms with Crippen LogP contribution >= 0.6 is 11.8 Å². The van der Waals surface area contributed by atoms with Crippen LogP contribution in [0.1, 0.15) is 18.3 Å². The van der Waals surface area contributed by atoms with Crippen molar-refractivity contribution >= 4 is 23.9 Å². The molecular weight excluding hydrogens is 258 g/mol. The van der Waals surface area contributed by atoms with E-state index in [1.165, 1.54) is 0 Å². The number of nitrogens with one attached hydrogen (secondary N) is 1. The molecule has 0 spiro atoms. The monoisotopic (exact) mass is 275 g/mol. The number of ether oxygens (including phenoxy) is 1. The Morgan fingerprint density at radius 3 is 2.89 bits per heavy atom. The van der Waals surface area contributed by atoms with Crippen molar-refractivity contribution < 1.29 is 4.74 Å². The van der Waals surface area contributed by atoms with Crippen molar-refractivity contribution in [1.29, 1.82) is 0 Å². The lowest BCUT2D eigenvalue weighted by molar-refractivity contribution is 0.164. The number of H-pyrrole nitrogens is 1. The molecule has 1 N–H and O–H groups in total. The van der Waals surface area contributed by atoms with Gasteiger partial charge < -0.3 is 4.74 Å². The number of thioether (sulfide) groups is 1. The van der Waals surface area contributed by atoms with Crippen molar-refractivity contribution in [2.75, 3.05) is 19.0 Å². The second kappa shape index (κ2) is 7.76. The molecule has 2 rings (SSSR count). The van der Waals surface area contributed by atoms with Gasteiger partial charge in [0.1, 0.15) is 5.82 Å². The van der Waals surface area contributed by atoms with Crippen molar-refractivity contribution in [2.24, 2.45) is 0 Å². The smallest absolute Gasteiger partial charge is 0.208 e. The van der Waals surface area contributed by atoms with Crippen LogP contribution in [0.4, 0.5) is 0 Å². The summed E-state index contributed by atoms with van der Waals surface area (Å²) in [6, 6.07) is 10.1. The highest BCUT2D eigenvalue weighted by Crippen LogP contribution is 2.13. The zero-order valence-corrected chi connectivity index (χ0v) is 11.7. The number of aromatic nitrogens is 3. The Morgan fingerprint density at radius 1 is 1.26 bits per heavy atom. The van der Waals surface area contributed by atoms with Crippen molar-refractivity contribution in [3.8, 4) is 0 Å². The zero-order valence-electron chi connectivity index (χ0n) is 10.9. The minimum atomic E-state index is 0.727. The van der Waals surface area contributed by atoms with Crippen molar-refractivity contribution in [3.05, 3.63) is 41.7 Å². The van der Waals surface area contributed by atoms with Crippen LogP contribution in [0, 0.1) is 0 Å². The van der Waals surface area contributed by atoms with E-state index in [1.54, 1.807) is 11.8 Å². The van der Waals surface area contributed by atoms with Gasteiger partial charge in [0, 0.05) is 12.4 Å². The summed E-state index contributed by atoms with van der Waals surface area (Å²) < 4.78 is 5.27. The Hall–Kier alpha value is -1.59. The van der Waals surface area contributed by atoms with Gasteiger partial charge in [0.15, 0.2) is 0 Å². The Labute approximate surface area is 117 Å². The van der Waals surface area contributed by atoms with Gasteiger partial charge in [0.05, 0.1) is 6.61 Å². The molecule has 1 aromatic heterocycles. The largest absolute Gasteiger partial charge is 0.381 e. The second-order valence-corrected chi connectivity index (χ2v) is 4.85. The third kappa shape index (κ3) is 4.89. The van der Waals surface area contributed by atoms with E-state index in [0.717, 1.165) is 35.5 Å². The van der Waals surface area contributed by atoms with E-state index in [0.29, 0.717) is 0 Å². The normalized spacial score (nSPS) is 11.2. The van der Waals surface area contributed by atoms with E-state index >= 15 is 0 Å². The molecule has 0 bridgehead atoms. The number of rotatable bonds is 7. The molecule has 5 heteroatoms. The fraction of sp³-hybridized carbons (Fsp3) is 0.286. The molecule has 0 amide bonds. The molecule has 19 heavy (non-hydrogen) atoms. The standard InChI is InChI=1S/C14H17N3OS/c1-2-18-10-11-19-14-15-13(16-17-14)9-8-12-6-4-3-5-7-12/h3-9H,2,10-11H2,1H3,(H,15,16,17)/b9-8+. The van der Waals surface area contributed by atoms with Crippen molar-refractivity contribution in [3.63, 3.8) is 0 Å². The number of hydrogen-bond donors (Lipinski definition) is 1. The van der Waals surface area contributed by atoms with E-state index in [4.69, 9.17) is 4.74 Å². The third-order valence-electron chi connectivity index (χ3n) is 2.38. The van der Waals surface area contributed by atoms with E-state index in [2.05, 4.69) is 15.2 Å². The average molecular weight is 275 g/mol. The first-order valence-corrected chi connectivity index (χ1v) is 7.23. The van der Waals surface area contributed by atoms with Gasteiger partial charge in [0.25, 0.3) is 0 Å². The first-order chi connectivity index (χ1) is 9.38. The van der Waals surface area contributed by atoms with Gasteiger partial charge in [-0.15, -0.1) is 5.10 Å². The third-order valence-corrected chi connectivity index (χ3v) is 3.19. The number of aromatic amines is 1. The highest BCUT2D eigenvalue weighted by molar-refractivity contribution is 7.99. The van der Waals surface area contributed by atoms with Crippen LogP contribution in [0.15, 0.2) is 35.5 Å². The topological polar surface area (TPSA) is 50.8 Å². The van der Waals surface area contributed by atoms with Crippen molar-refractivity contribution in [1.82, 2.24) is 15.2 Å². The van der Waals surface area contributed by atoms with Crippen LogP contribution < -0.4 is 0 Å². The molecule has 0 unspecified atom stereocenters. The lowest BCUT2D eigenvalue weighted by Gasteiger charge is -1.96. The molecule has 0 aliphatic carbocycles. The zero-order chi connectivity index (χ0) is 13.3. The second-order valence-electron chi connectivity index (χ2n) is 3.79. The summed E-state index contributed by atoms with van der Waals surface area (Å²) in [4.78, 5) is 4.38. The number of hydrogen-bond acceptors (Lipinski definition) is 4. The highest BCUT2D eigenvalue weighted by Gasteiger charge is 2.00. The molecule has 4 nitrogen and oxygen atoms in total. The quantitative estimate of drug-likeness (QED) is 0.623. The summed E-state index contributed by atoms with van der Waals surface area (Å²) >= 11 is 1.59. The van der Waals surface area contributed by atoms with Crippen LogP contribution in [0.25, 0.3) is 12.2 Å². The van der Waals surface area contributed by atoms with Gasteiger partial charge in [-0.05, 0) is 18.6 Å². The molecule has 100 valence electrons. The van der Waals surface area contributed by atoms with E-state index in [9.17, 15) is 0 Å². The van der Waals surface area contributed by atoms with E-state index in [1.807, 2.05) is 49.4 Å². The van der Waals surface area contributed by atoms with Crippen LogP contribution in [0.2, 0.25) is 0 Å². The average Bonchev–Trinajstić information content (AvgIpc) is 2.91. The lowest BCUT2D eigenvalue weighted by Crippen LogP contribution is -1.96. The first-order valence-electron chi connectivity index (χ1n) is 6.24. The van der Waals surface area contributed by atoms with Gasteiger partial charge in [-0.2, -0.15) is 0 Å². The maximum atomic E-state index is 5.27. The van der Waals surface area contributed by atoms with Gasteiger partial charge >= 0.3 is 0 Å². The maximum Gasteiger partial charge on any atom is 0.208 e. The molecule has 2 aromatic rings. The van der Waals surface area contributed by atoms with Crippen molar-refractivity contribution in [2.45, 2.75) is 12.1 Å². The SMILES string of the molecule is CCOCCSc1n[nH]c(/C=C/c2ccccc2)n1. The van der Waals surface area contributed by atoms with Gasteiger partial charge in [0.2, 0.25) is 5.16 Å². The molecule has 0 aliphatic heterocycles. The Kier molecular flexibility index (Phi) is 5.65. The summed E-state index contributed by atoms with van der Waals surface area (Å²) in [5.74, 6) is 1.64. The van der Waals surface area contributed by atoms with Gasteiger partial charge in [-0.25, -0.2) is 4.98 Å².